The topological polar surface area (TPSA) is 46.9 Å². The van der Waals surface area contributed by atoms with E-state index in [1.807, 2.05) is 55.5 Å². The smallest absolute Gasteiger partial charge is 0.258 e. The summed E-state index contributed by atoms with van der Waals surface area (Å²) >= 11 is 3.46. The molecule has 2 aromatic carbocycles. The van der Waals surface area contributed by atoms with Gasteiger partial charge in [-0.2, -0.15) is 5.10 Å². The molecule has 22 heavy (non-hydrogen) atoms. The molecule has 5 heteroatoms. The monoisotopic (exact) mass is 355 g/mol. The number of aromatic nitrogens is 2. The summed E-state index contributed by atoms with van der Waals surface area (Å²) < 4.78 is 2.64. The van der Waals surface area contributed by atoms with E-state index in [-0.39, 0.29) is 5.91 Å². The third-order valence-corrected chi connectivity index (χ3v) is 4.15. The van der Waals surface area contributed by atoms with E-state index in [2.05, 4.69) is 26.3 Å². The molecule has 1 heterocycles. The summed E-state index contributed by atoms with van der Waals surface area (Å²) in [5.41, 5.74) is 3.30. The number of aryl methyl sites for hydroxylation is 1. The molecule has 0 bridgehead atoms. The van der Waals surface area contributed by atoms with E-state index in [4.69, 9.17) is 0 Å². The third kappa shape index (κ3) is 3.09. The van der Waals surface area contributed by atoms with Crippen molar-refractivity contribution in [3.8, 4) is 5.69 Å². The van der Waals surface area contributed by atoms with E-state index in [0.29, 0.717) is 5.56 Å². The molecule has 3 rings (SSSR count). The van der Waals surface area contributed by atoms with Crippen molar-refractivity contribution in [2.75, 3.05) is 5.32 Å². The molecule has 110 valence electrons. The number of carbonyl (C=O) groups excluding carboxylic acids is 1. The molecule has 0 aliphatic rings. The maximum atomic E-state index is 12.3. The maximum absolute atomic E-state index is 12.3. The fourth-order valence-corrected chi connectivity index (χ4v) is 2.41. The zero-order chi connectivity index (χ0) is 15.5. The lowest BCUT2D eigenvalue weighted by atomic mass is 10.2. The molecular weight excluding hydrogens is 342 g/mol. The lowest BCUT2D eigenvalue weighted by Gasteiger charge is -2.05. The highest BCUT2D eigenvalue weighted by Gasteiger charge is 2.10. The molecule has 0 saturated heterocycles. The lowest BCUT2D eigenvalue weighted by molar-refractivity contribution is 0.102. The zero-order valence-electron chi connectivity index (χ0n) is 12.0. The summed E-state index contributed by atoms with van der Waals surface area (Å²) in [5, 5.41) is 7.10. The standard InChI is InChI=1S/C17H14BrN3O/c1-12-7-8-14(9-16(12)18)20-17(22)13-10-19-21(11-13)15-5-3-2-4-6-15/h2-11H,1H3,(H,20,22). The predicted octanol–water partition coefficient (Wildman–Crippen LogP) is 4.20. The number of rotatable bonds is 3. The Labute approximate surface area is 136 Å². The van der Waals surface area contributed by atoms with Crippen LogP contribution in [0, 0.1) is 6.92 Å². The third-order valence-electron chi connectivity index (χ3n) is 3.30. The van der Waals surface area contributed by atoms with Crippen LogP contribution in [0.2, 0.25) is 0 Å². The summed E-state index contributed by atoms with van der Waals surface area (Å²) in [5.74, 6) is -0.182. The van der Waals surface area contributed by atoms with Crippen LogP contribution in [0.25, 0.3) is 5.69 Å². The highest BCUT2D eigenvalue weighted by molar-refractivity contribution is 9.10. The van der Waals surface area contributed by atoms with E-state index < -0.39 is 0 Å². The van der Waals surface area contributed by atoms with Gasteiger partial charge in [0.2, 0.25) is 0 Å². The lowest BCUT2D eigenvalue weighted by Crippen LogP contribution is -2.11. The molecule has 0 fully saturated rings. The molecule has 0 aliphatic heterocycles. The number of carbonyl (C=O) groups is 1. The number of benzene rings is 2. The van der Waals surface area contributed by atoms with Crippen molar-refractivity contribution in [1.29, 1.82) is 0 Å². The van der Waals surface area contributed by atoms with E-state index in [1.54, 1.807) is 17.1 Å². The number of amides is 1. The largest absolute Gasteiger partial charge is 0.322 e. The number of nitrogens with one attached hydrogen (secondary N) is 1. The van der Waals surface area contributed by atoms with Crippen LogP contribution in [0.5, 0.6) is 0 Å². The Hall–Kier alpha value is -2.40. The Bertz CT molecular complexity index is 812. The normalized spacial score (nSPS) is 10.5. The Morgan fingerprint density at radius 3 is 2.68 bits per heavy atom. The number of nitrogens with zero attached hydrogens (tertiary/aromatic N) is 2. The van der Waals surface area contributed by atoms with Crippen molar-refractivity contribution in [1.82, 2.24) is 9.78 Å². The molecule has 1 amide bonds. The number of para-hydroxylation sites is 1. The molecular formula is C17H14BrN3O. The fraction of sp³-hybridized carbons (Fsp3) is 0.0588. The fourth-order valence-electron chi connectivity index (χ4n) is 2.04. The molecule has 0 spiro atoms. The summed E-state index contributed by atoms with van der Waals surface area (Å²) in [6, 6.07) is 15.4. The first-order valence-corrected chi connectivity index (χ1v) is 7.60. The van der Waals surface area contributed by atoms with Crippen molar-refractivity contribution in [2.24, 2.45) is 0 Å². The van der Waals surface area contributed by atoms with Gasteiger partial charge in [0.25, 0.3) is 5.91 Å². The van der Waals surface area contributed by atoms with Crippen LogP contribution in [0.4, 0.5) is 5.69 Å². The van der Waals surface area contributed by atoms with Crippen LogP contribution in [0.15, 0.2) is 65.4 Å². The van der Waals surface area contributed by atoms with Gasteiger partial charge in [0.15, 0.2) is 0 Å². The highest BCUT2D eigenvalue weighted by Crippen LogP contribution is 2.21. The first kappa shape index (κ1) is 14.5. The zero-order valence-corrected chi connectivity index (χ0v) is 13.5. The van der Waals surface area contributed by atoms with Crippen molar-refractivity contribution in [2.45, 2.75) is 6.92 Å². The number of hydrogen-bond donors (Lipinski definition) is 1. The van der Waals surface area contributed by atoms with Gasteiger partial charge in [-0.1, -0.05) is 40.2 Å². The van der Waals surface area contributed by atoms with Gasteiger partial charge in [0.05, 0.1) is 17.4 Å². The summed E-state index contributed by atoms with van der Waals surface area (Å²) in [4.78, 5) is 12.3. The molecule has 3 aromatic rings. The van der Waals surface area contributed by atoms with Crippen LogP contribution in [-0.2, 0) is 0 Å². The quantitative estimate of drug-likeness (QED) is 0.765. The van der Waals surface area contributed by atoms with Crippen LogP contribution < -0.4 is 5.32 Å². The molecule has 1 aromatic heterocycles. The van der Waals surface area contributed by atoms with Gasteiger partial charge in [-0.3, -0.25) is 4.79 Å². The van der Waals surface area contributed by atoms with Crippen LogP contribution in [0.1, 0.15) is 15.9 Å². The van der Waals surface area contributed by atoms with E-state index in [1.165, 1.54) is 0 Å². The Kier molecular flexibility index (Phi) is 4.06. The molecule has 0 aliphatic carbocycles. The first-order valence-electron chi connectivity index (χ1n) is 6.81. The minimum absolute atomic E-state index is 0.182. The number of anilines is 1. The van der Waals surface area contributed by atoms with Crippen molar-refractivity contribution >= 4 is 27.5 Å². The molecule has 0 saturated carbocycles. The summed E-state index contributed by atoms with van der Waals surface area (Å²) in [6.45, 7) is 2.00. The minimum Gasteiger partial charge on any atom is -0.322 e. The number of hydrogen-bond acceptors (Lipinski definition) is 2. The van der Waals surface area contributed by atoms with E-state index in [9.17, 15) is 4.79 Å². The molecule has 0 unspecified atom stereocenters. The van der Waals surface area contributed by atoms with Gasteiger partial charge in [0, 0.05) is 16.4 Å². The van der Waals surface area contributed by atoms with Gasteiger partial charge in [-0.25, -0.2) is 4.68 Å². The Morgan fingerprint density at radius 1 is 1.18 bits per heavy atom. The van der Waals surface area contributed by atoms with Gasteiger partial charge in [0.1, 0.15) is 0 Å². The van der Waals surface area contributed by atoms with Crippen molar-refractivity contribution in [3.05, 3.63) is 76.5 Å². The highest BCUT2D eigenvalue weighted by atomic mass is 79.9. The van der Waals surface area contributed by atoms with E-state index in [0.717, 1.165) is 21.4 Å². The maximum Gasteiger partial charge on any atom is 0.258 e. The van der Waals surface area contributed by atoms with Gasteiger partial charge >= 0.3 is 0 Å². The summed E-state index contributed by atoms with van der Waals surface area (Å²) in [7, 11) is 0. The second kappa shape index (κ2) is 6.15. The minimum atomic E-state index is -0.182. The average Bonchev–Trinajstić information content (AvgIpc) is 3.02. The molecule has 1 N–H and O–H groups in total. The SMILES string of the molecule is Cc1ccc(NC(=O)c2cnn(-c3ccccc3)c2)cc1Br. The summed E-state index contributed by atoms with van der Waals surface area (Å²) in [6.07, 6.45) is 3.28. The van der Waals surface area contributed by atoms with Crippen molar-refractivity contribution < 1.29 is 4.79 Å². The molecule has 0 atom stereocenters. The predicted molar refractivity (Wildman–Crippen MR) is 90.4 cm³/mol. The Balaban J connectivity index is 1.78. The first-order chi connectivity index (χ1) is 10.6. The van der Waals surface area contributed by atoms with E-state index >= 15 is 0 Å². The van der Waals surface area contributed by atoms with Gasteiger partial charge in [-0.05, 0) is 36.8 Å². The van der Waals surface area contributed by atoms with Crippen LogP contribution >= 0.6 is 15.9 Å². The average molecular weight is 356 g/mol. The number of halogens is 1. The van der Waals surface area contributed by atoms with Crippen molar-refractivity contribution in [3.63, 3.8) is 0 Å². The Morgan fingerprint density at radius 2 is 1.95 bits per heavy atom. The van der Waals surface area contributed by atoms with Crippen LogP contribution in [-0.4, -0.2) is 15.7 Å². The second-order valence-corrected chi connectivity index (χ2v) is 5.78. The molecule has 4 nitrogen and oxygen atoms in total. The second-order valence-electron chi connectivity index (χ2n) is 4.93. The van der Waals surface area contributed by atoms with Gasteiger partial charge < -0.3 is 5.32 Å². The van der Waals surface area contributed by atoms with Gasteiger partial charge in [-0.15, -0.1) is 0 Å². The van der Waals surface area contributed by atoms with Crippen LogP contribution in [0.3, 0.4) is 0 Å². The molecule has 0 radical (unpaired) electrons.